The van der Waals surface area contributed by atoms with Crippen molar-refractivity contribution < 1.29 is 18.0 Å². The van der Waals surface area contributed by atoms with Crippen LogP contribution >= 0.6 is 0 Å². The Morgan fingerprint density at radius 1 is 1.02 bits per heavy atom. The molecule has 3 N–H and O–H groups in total. The number of aryl methyl sites for hydroxylation is 1. The maximum absolute atomic E-state index is 13.6. The van der Waals surface area contributed by atoms with Crippen molar-refractivity contribution in [2.75, 3.05) is 12.4 Å². The normalized spacial score (nSPS) is 14.4. The van der Waals surface area contributed by atoms with Crippen LogP contribution in [0.25, 0.3) is 5.69 Å². The molecule has 9 heteroatoms. The van der Waals surface area contributed by atoms with Crippen molar-refractivity contribution in [1.29, 1.82) is 0 Å². The van der Waals surface area contributed by atoms with Crippen LogP contribution in [-0.2, 0) is 19.1 Å². The van der Waals surface area contributed by atoms with E-state index in [-0.39, 0.29) is 18.3 Å². The summed E-state index contributed by atoms with van der Waals surface area (Å²) in [5.41, 5.74) is 9.24. The number of halogens is 3. The SMILES string of the molecule is CCc1cccc(C(c2cccc(NC(=O)c3cc(C(F)(F)F)nn3-c3cccc(CN)c3)c2)N(C)C2CC2)c1. The molecule has 1 aliphatic rings. The largest absolute Gasteiger partial charge is 0.435 e. The van der Waals surface area contributed by atoms with Crippen molar-refractivity contribution in [1.82, 2.24) is 14.7 Å². The first-order chi connectivity index (χ1) is 19.2. The van der Waals surface area contributed by atoms with E-state index < -0.39 is 17.8 Å². The van der Waals surface area contributed by atoms with Crippen molar-refractivity contribution >= 4 is 11.6 Å². The zero-order valence-electron chi connectivity index (χ0n) is 22.4. The Bertz CT molecular complexity index is 1510. The zero-order valence-corrected chi connectivity index (χ0v) is 22.4. The average molecular weight is 548 g/mol. The van der Waals surface area contributed by atoms with Gasteiger partial charge in [-0.1, -0.05) is 55.5 Å². The molecule has 5 rings (SSSR count). The molecule has 1 saturated carbocycles. The van der Waals surface area contributed by atoms with Crippen molar-refractivity contribution in [2.45, 2.75) is 51.0 Å². The number of hydrogen-bond donors (Lipinski definition) is 2. The van der Waals surface area contributed by atoms with Gasteiger partial charge in [-0.2, -0.15) is 18.3 Å². The second-order valence-corrected chi connectivity index (χ2v) is 10.2. The predicted molar refractivity (Wildman–Crippen MR) is 149 cm³/mol. The molecule has 1 aromatic heterocycles. The summed E-state index contributed by atoms with van der Waals surface area (Å²) in [6, 6.07) is 23.8. The molecule has 0 spiro atoms. The number of aromatic nitrogens is 2. The van der Waals surface area contributed by atoms with Gasteiger partial charge in [-0.05, 0) is 72.8 Å². The van der Waals surface area contributed by atoms with Crippen LogP contribution < -0.4 is 11.1 Å². The lowest BCUT2D eigenvalue weighted by molar-refractivity contribution is -0.141. The van der Waals surface area contributed by atoms with E-state index in [0.29, 0.717) is 23.0 Å². The number of nitrogens with two attached hydrogens (primary N) is 1. The molecule has 1 heterocycles. The third kappa shape index (κ3) is 5.95. The van der Waals surface area contributed by atoms with Gasteiger partial charge >= 0.3 is 6.18 Å². The Morgan fingerprint density at radius 3 is 2.38 bits per heavy atom. The number of benzene rings is 3. The fourth-order valence-electron chi connectivity index (χ4n) is 5.01. The molecule has 1 unspecified atom stereocenters. The minimum atomic E-state index is -4.71. The van der Waals surface area contributed by atoms with Gasteiger partial charge in [-0.15, -0.1) is 0 Å². The van der Waals surface area contributed by atoms with E-state index in [2.05, 4.69) is 53.6 Å². The van der Waals surface area contributed by atoms with Crippen LogP contribution in [0, 0.1) is 0 Å². The molecule has 0 radical (unpaired) electrons. The van der Waals surface area contributed by atoms with E-state index >= 15 is 0 Å². The number of alkyl halides is 3. The van der Waals surface area contributed by atoms with Gasteiger partial charge in [0, 0.05) is 24.3 Å². The molecule has 0 bridgehead atoms. The second-order valence-electron chi connectivity index (χ2n) is 10.2. The highest BCUT2D eigenvalue weighted by molar-refractivity contribution is 6.03. The molecule has 1 aliphatic carbocycles. The summed E-state index contributed by atoms with van der Waals surface area (Å²) < 4.78 is 41.8. The highest BCUT2D eigenvalue weighted by Gasteiger charge is 2.36. The number of carbonyl (C=O) groups is 1. The van der Waals surface area contributed by atoms with Crippen molar-refractivity contribution in [2.24, 2.45) is 5.73 Å². The number of amides is 1. The maximum Gasteiger partial charge on any atom is 0.435 e. The fourth-order valence-corrected chi connectivity index (χ4v) is 5.01. The molecule has 1 atom stereocenters. The third-order valence-corrected chi connectivity index (χ3v) is 7.29. The topological polar surface area (TPSA) is 76.2 Å². The van der Waals surface area contributed by atoms with Gasteiger partial charge in [0.15, 0.2) is 5.69 Å². The van der Waals surface area contributed by atoms with E-state index in [9.17, 15) is 18.0 Å². The van der Waals surface area contributed by atoms with E-state index in [4.69, 9.17) is 5.73 Å². The van der Waals surface area contributed by atoms with Gasteiger partial charge in [0.05, 0.1) is 11.7 Å². The lowest BCUT2D eigenvalue weighted by atomic mass is 9.95. The van der Waals surface area contributed by atoms with Crippen molar-refractivity contribution in [3.8, 4) is 5.69 Å². The molecular weight excluding hydrogens is 515 g/mol. The van der Waals surface area contributed by atoms with Crippen LogP contribution in [0.2, 0.25) is 0 Å². The maximum atomic E-state index is 13.6. The number of nitrogens with zero attached hydrogens (tertiary/aromatic N) is 3. The van der Waals surface area contributed by atoms with Crippen LogP contribution in [0.5, 0.6) is 0 Å². The van der Waals surface area contributed by atoms with Gasteiger partial charge in [-0.25, -0.2) is 4.68 Å². The molecular formula is C31H32F3N5O. The molecule has 4 aromatic rings. The number of nitrogens with one attached hydrogen (secondary N) is 1. The van der Waals surface area contributed by atoms with Crippen LogP contribution in [-0.4, -0.2) is 33.7 Å². The molecule has 1 fully saturated rings. The molecule has 0 saturated heterocycles. The number of anilines is 1. The van der Waals surface area contributed by atoms with Gasteiger partial charge in [0.25, 0.3) is 5.91 Å². The Morgan fingerprint density at radius 2 is 1.70 bits per heavy atom. The van der Waals surface area contributed by atoms with Crippen molar-refractivity contribution in [3.05, 3.63) is 113 Å². The predicted octanol–water partition coefficient (Wildman–Crippen LogP) is 6.35. The summed E-state index contributed by atoms with van der Waals surface area (Å²) in [5, 5.41) is 6.53. The monoisotopic (exact) mass is 547 g/mol. The molecule has 1 amide bonds. The summed E-state index contributed by atoms with van der Waals surface area (Å²) >= 11 is 0. The van der Waals surface area contributed by atoms with Gasteiger partial charge in [0.1, 0.15) is 5.69 Å². The zero-order chi connectivity index (χ0) is 28.4. The van der Waals surface area contributed by atoms with E-state index in [0.717, 1.165) is 41.1 Å². The fraction of sp³-hybridized carbons (Fsp3) is 0.290. The summed E-state index contributed by atoms with van der Waals surface area (Å²) in [7, 11) is 2.11. The number of hydrogen-bond acceptors (Lipinski definition) is 4. The Labute approximate surface area is 231 Å². The molecule has 40 heavy (non-hydrogen) atoms. The van der Waals surface area contributed by atoms with Crippen LogP contribution in [0.3, 0.4) is 0 Å². The third-order valence-electron chi connectivity index (χ3n) is 7.29. The summed E-state index contributed by atoms with van der Waals surface area (Å²) in [6.45, 7) is 2.32. The minimum Gasteiger partial charge on any atom is -0.326 e. The minimum absolute atomic E-state index is 0.0304. The average Bonchev–Trinajstić information content (AvgIpc) is 3.70. The Kier molecular flexibility index (Phi) is 7.78. The van der Waals surface area contributed by atoms with Crippen LogP contribution in [0.15, 0.2) is 78.9 Å². The van der Waals surface area contributed by atoms with Gasteiger partial charge in [-0.3, -0.25) is 9.69 Å². The highest BCUT2D eigenvalue weighted by Crippen LogP contribution is 2.38. The smallest absolute Gasteiger partial charge is 0.326 e. The Balaban J connectivity index is 1.49. The molecule has 0 aliphatic heterocycles. The first-order valence-electron chi connectivity index (χ1n) is 13.4. The lowest BCUT2D eigenvalue weighted by Crippen LogP contribution is -2.28. The Hall–Kier alpha value is -3.95. The number of rotatable bonds is 9. The summed E-state index contributed by atoms with van der Waals surface area (Å²) in [4.78, 5) is 15.8. The summed E-state index contributed by atoms with van der Waals surface area (Å²) in [6.07, 6.45) is -1.52. The molecule has 208 valence electrons. The summed E-state index contributed by atoms with van der Waals surface area (Å²) in [5.74, 6) is -0.696. The van der Waals surface area contributed by atoms with Crippen LogP contribution in [0.4, 0.5) is 18.9 Å². The quantitative estimate of drug-likeness (QED) is 0.256. The van der Waals surface area contributed by atoms with Gasteiger partial charge < -0.3 is 11.1 Å². The first kappa shape index (κ1) is 27.6. The van der Waals surface area contributed by atoms with Crippen LogP contribution in [0.1, 0.15) is 64.2 Å². The van der Waals surface area contributed by atoms with E-state index in [1.54, 1.807) is 30.3 Å². The molecule has 3 aromatic carbocycles. The molecule has 6 nitrogen and oxygen atoms in total. The first-order valence-corrected chi connectivity index (χ1v) is 13.4. The second kappa shape index (κ2) is 11.3. The van der Waals surface area contributed by atoms with Gasteiger partial charge in [0.2, 0.25) is 0 Å². The van der Waals surface area contributed by atoms with E-state index in [1.165, 1.54) is 5.56 Å². The van der Waals surface area contributed by atoms with E-state index in [1.807, 2.05) is 18.2 Å². The lowest BCUT2D eigenvalue weighted by Gasteiger charge is -2.29. The standard InChI is InChI=1S/C31H32F3N5O/c1-3-20-7-4-9-22(15-20)29(38(2)25-13-14-25)23-10-6-11-24(17-23)36-30(40)27-18-28(31(32,33)34)37-39(27)26-12-5-8-21(16-26)19-35/h4-12,15-18,25,29H,3,13-14,19,35H2,1-2H3,(H,36,40). The number of carbonyl (C=O) groups excluding carboxylic acids is 1. The van der Waals surface area contributed by atoms with Crippen molar-refractivity contribution in [3.63, 3.8) is 0 Å². The highest BCUT2D eigenvalue weighted by atomic mass is 19.4.